The number of fused-ring (bicyclic) bond motifs is 2. The smallest absolute Gasteiger partial charge is 0.261 e. The topological polar surface area (TPSA) is 93.7 Å². The molecule has 0 radical (unpaired) electrons. The van der Waals surface area contributed by atoms with Gasteiger partial charge in [-0.2, -0.15) is 0 Å². The minimum atomic E-state index is -1.07. The van der Waals surface area contributed by atoms with Crippen molar-refractivity contribution in [1.29, 1.82) is 0 Å². The lowest BCUT2D eigenvalue weighted by molar-refractivity contribution is -0.134. The number of carbonyl (C=O) groups excluding carboxylic acids is 1. The molecule has 1 aliphatic carbocycles. The highest BCUT2D eigenvalue weighted by Crippen LogP contribution is 2.52. The number of aromatic nitrogens is 2. The largest absolute Gasteiger partial charge is 0.485 e. The highest BCUT2D eigenvalue weighted by Gasteiger charge is 2.57. The molecule has 2 atom stereocenters. The van der Waals surface area contributed by atoms with Gasteiger partial charge in [0, 0.05) is 37.0 Å². The molecule has 1 amide bonds. The summed E-state index contributed by atoms with van der Waals surface area (Å²) in [4.78, 5) is 28.7. The summed E-state index contributed by atoms with van der Waals surface area (Å²) in [6, 6.07) is 4.05. The van der Waals surface area contributed by atoms with Crippen LogP contribution in [0.1, 0.15) is 57.1 Å². The fourth-order valence-electron chi connectivity index (χ4n) is 5.03. The molecule has 1 spiro atoms. The molecule has 2 aromatic rings. The number of hydrogen-bond acceptors (Lipinski definition) is 6. The number of ether oxygens (including phenoxy) is 1. The normalized spacial score (nSPS) is 27.3. The molecule has 0 saturated heterocycles. The zero-order valence-electron chi connectivity index (χ0n) is 18.4. The van der Waals surface area contributed by atoms with Gasteiger partial charge in [-0.25, -0.2) is 4.99 Å². The summed E-state index contributed by atoms with van der Waals surface area (Å²) in [7, 11) is 1.68. The molecule has 0 aromatic carbocycles. The monoisotopic (exact) mass is 419 g/mol. The van der Waals surface area contributed by atoms with Crippen molar-refractivity contribution in [2.24, 2.45) is 16.6 Å². The van der Waals surface area contributed by atoms with Crippen LogP contribution in [0.5, 0.6) is 5.75 Å². The van der Waals surface area contributed by atoms with E-state index in [4.69, 9.17) is 15.5 Å². The van der Waals surface area contributed by atoms with E-state index in [0.717, 1.165) is 36.1 Å². The zero-order valence-corrected chi connectivity index (χ0v) is 18.4. The van der Waals surface area contributed by atoms with E-state index in [1.165, 1.54) is 23.3 Å². The average Bonchev–Trinajstić information content (AvgIpc) is 3.52. The van der Waals surface area contributed by atoms with Gasteiger partial charge >= 0.3 is 0 Å². The second kappa shape index (κ2) is 7.04. The highest BCUT2D eigenvalue weighted by atomic mass is 16.5. The lowest BCUT2D eigenvalue weighted by atomic mass is 9.75. The molecular formula is C24H29N5O2. The number of nitrogens with zero attached hydrogens (tertiary/aromatic N) is 4. The van der Waals surface area contributed by atoms with Crippen LogP contribution in [-0.2, 0) is 16.8 Å². The fraction of sp³-hybridized carbons (Fsp3) is 0.500. The molecule has 7 heteroatoms. The predicted molar refractivity (Wildman–Crippen MR) is 119 cm³/mol. The molecule has 5 rings (SSSR count). The van der Waals surface area contributed by atoms with E-state index < -0.39 is 11.1 Å². The minimum absolute atomic E-state index is 0.105. The second-order valence-corrected chi connectivity index (χ2v) is 9.47. The third kappa shape index (κ3) is 3.36. The molecule has 2 unspecified atom stereocenters. The van der Waals surface area contributed by atoms with Gasteiger partial charge in [-0.05, 0) is 43.4 Å². The van der Waals surface area contributed by atoms with Gasteiger partial charge in [0.2, 0.25) is 0 Å². The van der Waals surface area contributed by atoms with Crippen LogP contribution in [0, 0.1) is 5.92 Å². The first-order chi connectivity index (χ1) is 14.8. The van der Waals surface area contributed by atoms with Gasteiger partial charge in [0.25, 0.3) is 5.91 Å². The molecule has 7 nitrogen and oxygen atoms in total. The van der Waals surface area contributed by atoms with Crippen molar-refractivity contribution >= 4 is 11.9 Å². The first-order valence-corrected chi connectivity index (χ1v) is 11.1. The van der Waals surface area contributed by atoms with Crippen molar-refractivity contribution in [2.75, 3.05) is 7.05 Å². The average molecular weight is 420 g/mol. The molecule has 0 bridgehead atoms. The first kappa shape index (κ1) is 20.0. The van der Waals surface area contributed by atoms with Gasteiger partial charge in [0.05, 0.1) is 11.9 Å². The van der Waals surface area contributed by atoms with Crippen LogP contribution in [-0.4, -0.2) is 39.4 Å². The molecule has 31 heavy (non-hydrogen) atoms. The van der Waals surface area contributed by atoms with E-state index in [9.17, 15) is 4.79 Å². The van der Waals surface area contributed by atoms with Crippen LogP contribution in [0.15, 0.2) is 35.7 Å². The predicted octanol–water partition coefficient (Wildman–Crippen LogP) is 3.42. The quantitative estimate of drug-likeness (QED) is 0.801. The van der Waals surface area contributed by atoms with E-state index in [-0.39, 0.29) is 11.9 Å². The lowest BCUT2D eigenvalue weighted by Crippen LogP contribution is -2.50. The van der Waals surface area contributed by atoms with Crippen LogP contribution in [0.4, 0.5) is 0 Å². The Morgan fingerprint density at radius 3 is 2.74 bits per heavy atom. The first-order valence-electron chi connectivity index (χ1n) is 11.1. The summed E-state index contributed by atoms with van der Waals surface area (Å²) in [6.07, 6.45) is 11.3. The molecule has 1 fully saturated rings. The summed E-state index contributed by atoms with van der Waals surface area (Å²) in [5.74, 6) is 1.41. The van der Waals surface area contributed by atoms with E-state index in [0.29, 0.717) is 18.1 Å². The van der Waals surface area contributed by atoms with Crippen molar-refractivity contribution in [3.05, 3.63) is 41.9 Å². The molecule has 2 aliphatic heterocycles. The Hall–Kier alpha value is -2.96. The van der Waals surface area contributed by atoms with E-state index in [2.05, 4.69) is 29.9 Å². The number of hydrogen-bond donors (Lipinski definition) is 1. The number of likely N-dealkylation sites (N-methyl/N-ethyl adjacent to an activating group) is 1. The molecule has 162 valence electrons. The van der Waals surface area contributed by atoms with Crippen molar-refractivity contribution in [3.63, 3.8) is 0 Å². The number of carbonyl (C=O) groups is 1. The van der Waals surface area contributed by atoms with Crippen LogP contribution >= 0.6 is 0 Å². The Bertz CT molecular complexity index is 1080. The Morgan fingerprint density at radius 1 is 1.26 bits per heavy atom. The SMILES string of the molecule is CCCc1cncc(-c2cc3c(cn2)OC(C)(CC2CC2)CC32N=C(N)N(C)C2=O)c1. The Labute approximate surface area is 182 Å². The number of aliphatic imine (C=N–C) groups is 1. The molecule has 3 aliphatic rings. The summed E-state index contributed by atoms with van der Waals surface area (Å²) >= 11 is 0. The van der Waals surface area contributed by atoms with Crippen molar-refractivity contribution < 1.29 is 9.53 Å². The fourth-order valence-corrected chi connectivity index (χ4v) is 5.03. The standard InChI is InChI=1S/C24H29N5O2/c1-4-5-16-8-17(12-26-11-16)19-9-18-20(13-27-19)31-23(2,10-15-6-7-15)14-24(18)21(30)29(3)22(25)28-24/h8-9,11-13,15H,4-7,10,14H2,1-3H3,(H2,25,28). The van der Waals surface area contributed by atoms with Crippen molar-refractivity contribution in [1.82, 2.24) is 14.9 Å². The Balaban J connectivity index is 1.62. The maximum Gasteiger partial charge on any atom is 0.261 e. The summed E-state index contributed by atoms with van der Waals surface area (Å²) in [5.41, 5.74) is 8.16. The zero-order chi connectivity index (χ0) is 21.8. The van der Waals surface area contributed by atoms with Crippen molar-refractivity contribution in [2.45, 2.75) is 63.5 Å². The number of pyridine rings is 2. The number of aryl methyl sites for hydroxylation is 1. The minimum Gasteiger partial charge on any atom is -0.485 e. The van der Waals surface area contributed by atoms with Gasteiger partial charge in [-0.1, -0.05) is 26.2 Å². The van der Waals surface area contributed by atoms with E-state index in [1.54, 1.807) is 13.2 Å². The van der Waals surface area contributed by atoms with Crippen LogP contribution in [0.2, 0.25) is 0 Å². The van der Waals surface area contributed by atoms with Gasteiger partial charge in [0.1, 0.15) is 11.4 Å². The molecule has 4 heterocycles. The van der Waals surface area contributed by atoms with Crippen molar-refractivity contribution in [3.8, 4) is 17.0 Å². The summed E-state index contributed by atoms with van der Waals surface area (Å²) in [5, 5.41) is 0. The van der Waals surface area contributed by atoms with E-state index >= 15 is 0 Å². The highest BCUT2D eigenvalue weighted by molar-refractivity contribution is 6.07. The van der Waals surface area contributed by atoms with Gasteiger partial charge in [0.15, 0.2) is 11.5 Å². The van der Waals surface area contributed by atoms with Crippen LogP contribution in [0.3, 0.4) is 0 Å². The van der Waals surface area contributed by atoms with Gasteiger partial charge in [-0.15, -0.1) is 0 Å². The summed E-state index contributed by atoms with van der Waals surface area (Å²) in [6.45, 7) is 4.23. The number of amides is 1. The second-order valence-electron chi connectivity index (χ2n) is 9.47. The number of rotatable bonds is 5. The summed E-state index contributed by atoms with van der Waals surface area (Å²) < 4.78 is 6.47. The molecular weight excluding hydrogens is 390 g/mol. The molecule has 2 N–H and O–H groups in total. The third-order valence-corrected chi connectivity index (χ3v) is 6.65. The number of nitrogens with two attached hydrogens (primary N) is 1. The Kier molecular flexibility index (Phi) is 4.53. The lowest BCUT2D eigenvalue weighted by Gasteiger charge is -2.43. The Morgan fingerprint density at radius 2 is 2.06 bits per heavy atom. The molecule has 2 aromatic heterocycles. The molecule has 1 saturated carbocycles. The number of guanidine groups is 1. The van der Waals surface area contributed by atoms with Crippen LogP contribution < -0.4 is 10.5 Å². The van der Waals surface area contributed by atoms with Gasteiger partial charge in [-0.3, -0.25) is 19.7 Å². The maximum atomic E-state index is 13.5. The van der Waals surface area contributed by atoms with Gasteiger partial charge < -0.3 is 10.5 Å². The van der Waals surface area contributed by atoms with E-state index in [1.807, 2.05) is 18.5 Å². The van der Waals surface area contributed by atoms with Crippen LogP contribution in [0.25, 0.3) is 11.3 Å². The maximum absolute atomic E-state index is 13.5. The third-order valence-electron chi connectivity index (χ3n) is 6.65.